The summed E-state index contributed by atoms with van der Waals surface area (Å²) in [6.07, 6.45) is 0.480. The van der Waals surface area contributed by atoms with E-state index in [1.54, 1.807) is 6.07 Å². The highest BCUT2D eigenvalue weighted by Crippen LogP contribution is 2.24. The third-order valence-electron chi connectivity index (χ3n) is 3.42. The van der Waals surface area contributed by atoms with Crippen molar-refractivity contribution in [1.29, 1.82) is 0 Å². The third kappa shape index (κ3) is 4.77. The fourth-order valence-corrected chi connectivity index (χ4v) is 2.37. The van der Waals surface area contributed by atoms with Gasteiger partial charge < -0.3 is 10.2 Å². The molecule has 1 aromatic heterocycles. The molecule has 1 N–H and O–H groups in total. The van der Waals surface area contributed by atoms with Gasteiger partial charge in [0.05, 0.1) is 0 Å². The van der Waals surface area contributed by atoms with E-state index in [-0.39, 0.29) is 5.91 Å². The van der Waals surface area contributed by atoms with Gasteiger partial charge in [-0.25, -0.2) is 0 Å². The molecule has 5 nitrogen and oxygen atoms in total. The van der Waals surface area contributed by atoms with Crippen LogP contribution in [0.3, 0.4) is 0 Å². The van der Waals surface area contributed by atoms with E-state index in [2.05, 4.69) is 52.5 Å². The molecule has 0 atom stereocenters. The maximum atomic E-state index is 11.8. The predicted molar refractivity (Wildman–Crippen MR) is 94.0 cm³/mol. The molecule has 0 unspecified atom stereocenters. The maximum Gasteiger partial charge on any atom is 0.225 e. The SMILES string of the molecule is CCN(c1cccc(C)c1)c1ccc(NC(=O)CC(C)C)nn1. The van der Waals surface area contributed by atoms with E-state index >= 15 is 0 Å². The van der Waals surface area contributed by atoms with Crippen LogP contribution in [-0.2, 0) is 4.79 Å². The summed E-state index contributed by atoms with van der Waals surface area (Å²) in [7, 11) is 0. The number of aryl methyl sites for hydroxylation is 1. The minimum absolute atomic E-state index is 0.0342. The minimum atomic E-state index is -0.0342. The zero-order valence-electron chi connectivity index (χ0n) is 14.2. The molecule has 1 amide bonds. The molecule has 0 aliphatic heterocycles. The van der Waals surface area contributed by atoms with Crippen molar-refractivity contribution in [2.24, 2.45) is 5.92 Å². The van der Waals surface area contributed by atoms with Crippen molar-refractivity contribution in [1.82, 2.24) is 10.2 Å². The summed E-state index contributed by atoms with van der Waals surface area (Å²) in [6, 6.07) is 11.9. The fraction of sp³-hybridized carbons (Fsp3) is 0.389. The highest BCUT2D eigenvalue weighted by atomic mass is 16.1. The first-order valence-corrected chi connectivity index (χ1v) is 7.97. The van der Waals surface area contributed by atoms with Crippen LogP contribution in [0.25, 0.3) is 0 Å². The predicted octanol–water partition coefficient (Wildman–Crippen LogP) is 3.93. The van der Waals surface area contributed by atoms with Crippen LogP contribution in [0, 0.1) is 12.8 Å². The zero-order valence-corrected chi connectivity index (χ0v) is 14.2. The highest BCUT2D eigenvalue weighted by Gasteiger charge is 2.11. The first kappa shape index (κ1) is 16.9. The van der Waals surface area contributed by atoms with Crippen molar-refractivity contribution in [2.75, 3.05) is 16.8 Å². The Labute approximate surface area is 137 Å². The van der Waals surface area contributed by atoms with Crippen LogP contribution >= 0.6 is 0 Å². The number of carbonyl (C=O) groups excluding carboxylic acids is 1. The van der Waals surface area contributed by atoms with Gasteiger partial charge in [0.1, 0.15) is 0 Å². The van der Waals surface area contributed by atoms with Gasteiger partial charge in [-0.1, -0.05) is 26.0 Å². The molecule has 0 aliphatic carbocycles. The summed E-state index contributed by atoms with van der Waals surface area (Å²) in [4.78, 5) is 13.9. The standard InChI is InChI=1S/C18H24N4O/c1-5-22(15-8-6-7-14(4)12-15)17-10-9-16(20-21-17)19-18(23)11-13(2)3/h6-10,12-13H,5,11H2,1-4H3,(H,19,20,23). The number of hydrogen-bond donors (Lipinski definition) is 1. The number of nitrogens with one attached hydrogen (secondary N) is 1. The molecular weight excluding hydrogens is 288 g/mol. The number of anilines is 3. The van der Waals surface area contributed by atoms with Gasteiger partial charge >= 0.3 is 0 Å². The van der Waals surface area contributed by atoms with Crippen LogP contribution in [0.5, 0.6) is 0 Å². The number of aromatic nitrogens is 2. The summed E-state index contributed by atoms with van der Waals surface area (Å²) in [5.74, 6) is 1.53. The van der Waals surface area contributed by atoms with Gasteiger partial charge in [-0.3, -0.25) is 4.79 Å². The molecule has 2 rings (SSSR count). The molecule has 0 saturated heterocycles. The second-order valence-corrected chi connectivity index (χ2v) is 6.01. The summed E-state index contributed by atoms with van der Waals surface area (Å²) in [5.41, 5.74) is 2.28. The molecule has 0 fully saturated rings. The van der Waals surface area contributed by atoms with Gasteiger partial charge in [0.25, 0.3) is 0 Å². The van der Waals surface area contributed by atoms with Gasteiger partial charge in [-0.05, 0) is 49.6 Å². The Balaban J connectivity index is 2.12. The molecule has 1 aromatic carbocycles. The lowest BCUT2D eigenvalue weighted by Crippen LogP contribution is -2.19. The van der Waals surface area contributed by atoms with Gasteiger partial charge in [0.15, 0.2) is 11.6 Å². The Hall–Kier alpha value is -2.43. The number of nitrogens with zero attached hydrogens (tertiary/aromatic N) is 3. The normalized spacial score (nSPS) is 10.7. The molecule has 0 aliphatic rings. The molecule has 5 heteroatoms. The van der Waals surface area contributed by atoms with E-state index in [0.29, 0.717) is 18.2 Å². The van der Waals surface area contributed by atoms with Crippen molar-refractivity contribution < 1.29 is 4.79 Å². The molecule has 23 heavy (non-hydrogen) atoms. The second-order valence-electron chi connectivity index (χ2n) is 6.01. The summed E-state index contributed by atoms with van der Waals surface area (Å²) in [5, 5.41) is 11.1. The molecule has 0 spiro atoms. The molecule has 0 radical (unpaired) electrons. The monoisotopic (exact) mass is 312 g/mol. The molecule has 122 valence electrons. The summed E-state index contributed by atoms with van der Waals surface area (Å²) in [6.45, 7) is 8.94. The van der Waals surface area contributed by atoms with E-state index in [9.17, 15) is 4.79 Å². The smallest absolute Gasteiger partial charge is 0.225 e. The largest absolute Gasteiger partial charge is 0.325 e. The Morgan fingerprint density at radius 2 is 2.00 bits per heavy atom. The van der Waals surface area contributed by atoms with Crippen LogP contribution in [-0.4, -0.2) is 22.6 Å². The van der Waals surface area contributed by atoms with Crippen molar-refractivity contribution in [2.45, 2.75) is 34.1 Å². The Bertz CT molecular complexity index is 652. The van der Waals surface area contributed by atoms with Gasteiger partial charge in [-0.2, -0.15) is 0 Å². The zero-order chi connectivity index (χ0) is 16.8. The summed E-state index contributed by atoms with van der Waals surface area (Å²) >= 11 is 0. The van der Waals surface area contributed by atoms with E-state index in [1.807, 2.05) is 26.0 Å². The highest BCUT2D eigenvalue weighted by molar-refractivity contribution is 5.89. The van der Waals surface area contributed by atoms with Crippen molar-refractivity contribution in [3.05, 3.63) is 42.0 Å². The number of rotatable bonds is 6. The van der Waals surface area contributed by atoms with Crippen molar-refractivity contribution >= 4 is 23.2 Å². The van der Waals surface area contributed by atoms with E-state index in [4.69, 9.17) is 0 Å². The fourth-order valence-electron chi connectivity index (χ4n) is 2.37. The lowest BCUT2D eigenvalue weighted by Gasteiger charge is -2.22. The lowest BCUT2D eigenvalue weighted by molar-refractivity contribution is -0.116. The molecular formula is C18H24N4O. The Morgan fingerprint density at radius 3 is 2.57 bits per heavy atom. The van der Waals surface area contributed by atoms with Crippen LogP contribution in [0.1, 0.15) is 32.8 Å². The minimum Gasteiger partial charge on any atom is -0.325 e. The van der Waals surface area contributed by atoms with Gasteiger partial charge in [0.2, 0.25) is 5.91 Å². The lowest BCUT2D eigenvalue weighted by atomic mass is 10.1. The van der Waals surface area contributed by atoms with Crippen LogP contribution < -0.4 is 10.2 Å². The van der Waals surface area contributed by atoms with Crippen molar-refractivity contribution in [3.63, 3.8) is 0 Å². The quantitative estimate of drug-likeness (QED) is 0.878. The van der Waals surface area contributed by atoms with Crippen LogP contribution in [0.15, 0.2) is 36.4 Å². The van der Waals surface area contributed by atoms with E-state index in [1.165, 1.54) is 5.56 Å². The van der Waals surface area contributed by atoms with E-state index < -0.39 is 0 Å². The van der Waals surface area contributed by atoms with E-state index in [0.717, 1.165) is 18.1 Å². The van der Waals surface area contributed by atoms with Gasteiger partial charge in [0, 0.05) is 18.7 Å². The molecule has 0 bridgehead atoms. The first-order valence-electron chi connectivity index (χ1n) is 7.97. The Kier molecular flexibility index (Phi) is 5.68. The van der Waals surface area contributed by atoms with Gasteiger partial charge in [-0.15, -0.1) is 10.2 Å². The second kappa shape index (κ2) is 7.72. The number of carbonyl (C=O) groups is 1. The topological polar surface area (TPSA) is 58.1 Å². The average molecular weight is 312 g/mol. The third-order valence-corrected chi connectivity index (χ3v) is 3.42. The molecule has 1 heterocycles. The average Bonchev–Trinajstić information content (AvgIpc) is 2.49. The van der Waals surface area contributed by atoms with Crippen molar-refractivity contribution in [3.8, 4) is 0 Å². The van der Waals surface area contributed by atoms with Crippen LogP contribution in [0.4, 0.5) is 17.3 Å². The first-order chi connectivity index (χ1) is 11.0. The molecule has 0 saturated carbocycles. The number of hydrogen-bond acceptors (Lipinski definition) is 4. The number of benzene rings is 1. The number of amides is 1. The Morgan fingerprint density at radius 1 is 1.22 bits per heavy atom. The molecule has 2 aromatic rings. The maximum absolute atomic E-state index is 11.8. The summed E-state index contributed by atoms with van der Waals surface area (Å²) < 4.78 is 0. The van der Waals surface area contributed by atoms with Crippen LogP contribution in [0.2, 0.25) is 0 Å².